The second kappa shape index (κ2) is 6.56. The van der Waals surface area contributed by atoms with Crippen LogP contribution in [0.15, 0.2) is 53.6 Å². The Balaban J connectivity index is 2.14. The summed E-state index contributed by atoms with van der Waals surface area (Å²) in [4.78, 5) is 10.7. The lowest BCUT2D eigenvalue weighted by molar-refractivity contribution is -0.255. The molecule has 0 amide bonds. The van der Waals surface area contributed by atoms with Gasteiger partial charge in [0.1, 0.15) is 5.75 Å². The lowest BCUT2D eigenvalue weighted by Crippen LogP contribution is -2.21. The van der Waals surface area contributed by atoms with Gasteiger partial charge < -0.3 is 14.6 Å². The number of rotatable bonds is 5. The van der Waals surface area contributed by atoms with E-state index in [0.717, 1.165) is 17.0 Å². The van der Waals surface area contributed by atoms with Gasteiger partial charge in [0.15, 0.2) is 0 Å². The normalized spacial score (nSPS) is 11.0. The van der Waals surface area contributed by atoms with Crippen molar-refractivity contribution in [2.24, 2.45) is 5.10 Å². The van der Waals surface area contributed by atoms with Gasteiger partial charge in [0.25, 0.3) is 0 Å². The molecule has 2 aromatic carbocycles. The first-order chi connectivity index (χ1) is 10.1. The molecule has 0 aliphatic heterocycles. The van der Waals surface area contributed by atoms with E-state index < -0.39 is 5.97 Å². The lowest BCUT2D eigenvalue weighted by Gasteiger charge is -2.08. The van der Waals surface area contributed by atoms with Crippen LogP contribution in [-0.4, -0.2) is 18.8 Å². The molecule has 2 rings (SSSR count). The van der Waals surface area contributed by atoms with Crippen molar-refractivity contribution >= 4 is 17.4 Å². The summed E-state index contributed by atoms with van der Waals surface area (Å²) in [5.74, 6) is -0.455. The number of benzene rings is 2. The van der Waals surface area contributed by atoms with Gasteiger partial charge in [0.2, 0.25) is 0 Å². The molecule has 0 unspecified atom stereocenters. The maximum atomic E-state index is 10.7. The maximum Gasteiger partial charge on any atom is 0.127 e. The van der Waals surface area contributed by atoms with Gasteiger partial charge in [-0.2, -0.15) is 5.10 Å². The standard InChI is InChI=1S/C16H16N2O3/c1-11(14-5-3-4-6-15(14)21-2)17-18-13-9-7-12(8-10-13)16(19)20/h3-10,18H,1-2H3,(H,19,20)/p-1/b17-11-. The smallest absolute Gasteiger partial charge is 0.127 e. The number of para-hydroxylation sites is 1. The van der Waals surface area contributed by atoms with E-state index in [2.05, 4.69) is 10.5 Å². The number of hydrazone groups is 1. The molecule has 0 radical (unpaired) electrons. The number of carboxylic acids is 1. The quantitative estimate of drug-likeness (QED) is 0.672. The number of hydrogen-bond donors (Lipinski definition) is 1. The third-order valence-corrected chi connectivity index (χ3v) is 2.97. The number of nitrogens with one attached hydrogen (secondary N) is 1. The van der Waals surface area contributed by atoms with Crippen molar-refractivity contribution in [3.8, 4) is 5.75 Å². The first-order valence-electron chi connectivity index (χ1n) is 6.37. The molecule has 0 aliphatic rings. The molecule has 0 saturated heterocycles. The number of carbonyl (C=O) groups is 1. The molecule has 5 heteroatoms. The number of hydrogen-bond acceptors (Lipinski definition) is 5. The summed E-state index contributed by atoms with van der Waals surface area (Å²) in [6, 6.07) is 13.8. The summed E-state index contributed by atoms with van der Waals surface area (Å²) >= 11 is 0. The monoisotopic (exact) mass is 283 g/mol. The average Bonchev–Trinajstić information content (AvgIpc) is 2.52. The van der Waals surface area contributed by atoms with Gasteiger partial charge in [-0.15, -0.1) is 0 Å². The van der Waals surface area contributed by atoms with Crippen LogP contribution < -0.4 is 15.3 Å². The first kappa shape index (κ1) is 14.6. The molecule has 2 aromatic rings. The average molecular weight is 283 g/mol. The van der Waals surface area contributed by atoms with Crippen molar-refractivity contribution in [2.45, 2.75) is 6.92 Å². The van der Waals surface area contributed by atoms with Crippen molar-refractivity contribution in [2.75, 3.05) is 12.5 Å². The molecule has 0 saturated carbocycles. The van der Waals surface area contributed by atoms with Crippen LogP contribution in [0.5, 0.6) is 5.75 Å². The Bertz CT molecular complexity index is 663. The van der Waals surface area contributed by atoms with Crippen LogP contribution in [0.4, 0.5) is 5.69 Å². The van der Waals surface area contributed by atoms with Crippen LogP contribution in [0.2, 0.25) is 0 Å². The third-order valence-electron chi connectivity index (χ3n) is 2.97. The van der Waals surface area contributed by atoms with E-state index in [0.29, 0.717) is 5.69 Å². The third kappa shape index (κ3) is 3.60. The maximum absolute atomic E-state index is 10.7. The van der Waals surface area contributed by atoms with Gasteiger partial charge in [0, 0.05) is 5.56 Å². The highest BCUT2D eigenvalue weighted by molar-refractivity contribution is 6.01. The first-order valence-corrected chi connectivity index (χ1v) is 6.37. The molecule has 0 heterocycles. The Morgan fingerprint density at radius 3 is 2.43 bits per heavy atom. The zero-order valence-corrected chi connectivity index (χ0v) is 11.8. The van der Waals surface area contributed by atoms with Crippen LogP contribution in [0.3, 0.4) is 0 Å². The molecule has 0 atom stereocenters. The number of nitrogens with zero attached hydrogens (tertiary/aromatic N) is 1. The summed E-state index contributed by atoms with van der Waals surface area (Å²) < 4.78 is 5.28. The van der Waals surface area contributed by atoms with Crippen LogP contribution in [0.1, 0.15) is 22.8 Å². The molecular weight excluding hydrogens is 268 g/mol. The highest BCUT2D eigenvalue weighted by atomic mass is 16.5. The van der Waals surface area contributed by atoms with Gasteiger partial charge in [-0.05, 0) is 36.8 Å². The van der Waals surface area contributed by atoms with Gasteiger partial charge in [-0.1, -0.05) is 24.3 Å². The predicted octanol–water partition coefficient (Wildman–Crippen LogP) is 1.89. The second-order valence-corrected chi connectivity index (χ2v) is 4.37. The number of methoxy groups -OCH3 is 1. The fraction of sp³-hybridized carbons (Fsp3) is 0.125. The molecule has 0 spiro atoms. The SMILES string of the molecule is COc1ccccc1/C(C)=N\Nc1ccc(C(=O)[O-])cc1. The van der Waals surface area contributed by atoms with Crippen molar-refractivity contribution in [3.05, 3.63) is 59.7 Å². The van der Waals surface area contributed by atoms with E-state index in [4.69, 9.17) is 4.74 Å². The van der Waals surface area contributed by atoms with Crippen LogP contribution >= 0.6 is 0 Å². The van der Waals surface area contributed by atoms with E-state index >= 15 is 0 Å². The molecule has 0 aromatic heterocycles. The van der Waals surface area contributed by atoms with E-state index in [9.17, 15) is 9.90 Å². The molecular formula is C16H15N2O3-. The fourth-order valence-corrected chi connectivity index (χ4v) is 1.83. The summed E-state index contributed by atoms with van der Waals surface area (Å²) in [6.07, 6.45) is 0. The highest BCUT2D eigenvalue weighted by Crippen LogP contribution is 2.18. The minimum absolute atomic E-state index is 0.131. The van der Waals surface area contributed by atoms with Gasteiger partial charge in [-0.25, -0.2) is 0 Å². The summed E-state index contributed by atoms with van der Waals surface area (Å²) in [5, 5.41) is 14.9. The van der Waals surface area contributed by atoms with E-state index in [1.54, 1.807) is 19.2 Å². The zero-order chi connectivity index (χ0) is 15.2. The Kier molecular flexibility index (Phi) is 4.56. The fourth-order valence-electron chi connectivity index (χ4n) is 1.83. The van der Waals surface area contributed by atoms with E-state index in [1.807, 2.05) is 31.2 Å². The van der Waals surface area contributed by atoms with Crippen LogP contribution in [-0.2, 0) is 0 Å². The molecule has 0 bridgehead atoms. The zero-order valence-electron chi connectivity index (χ0n) is 11.8. The van der Waals surface area contributed by atoms with Crippen molar-refractivity contribution in [3.63, 3.8) is 0 Å². The Morgan fingerprint density at radius 1 is 1.14 bits per heavy atom. The Labute approximate surface area is 122 Å². The number of anilines is 1. The highest BCUT2D eigenvalue weighted by Gasteiger charge is 2.04. The number of carbonyl (C=O) groups excluding carboxylic acids is 1. The summed E-state index contributed by atoms with van der Waals surface area (Å²) in [6.45, 7) is 1.86. The van der Waals surface area contributed by atoms with Crippen molar-refractivity contribution in [1.29, 1.82) is 0 Å². The minimum atomic E-state index is -1.20. The Hall–Kier alpha value is -2.82. The topological polar surface area (TPSA) is 73.8 Å². The minimum Gasteiger partial charge on any atom is -0.545 e. The van der Waals surface area contributed by atoms with Gasteiger partial charge in [0.05, 0.1) is 24.5 Å². The molecule has 108 valence electrons. The predicted molar refractivity (Wildman–Crippen MR) is 79.6 cm³/mol. The van der Waals surface area contributed by atoms with Crippen molar-refractivity contribution in [1.82, 2.24) is 0 Å². The van der Waals surface area contributed by atoms with E-state index in [1.165, 1.54) is 12.1 Å². The largest absolute Gasteiger partial charge is 0.545 e. The number of aromatic carboxylic acids is 1. The van der Waals surface area contributed by atoms with Crippen LogP contribution in [0, 0.1) is 0 Å². The molecule has 21 heavy (non-hydrogen) atoms. The summed E-state index contributed by atoms with van der Waals surface area (Å²) in [7, 11) is 1.61. The van der Waals surface area contributed by atoms with Crippen molar-refractivity contribution < 1.29 is 14.6 Å². The Morgan fingerprint density at radius 2 is 1.81 bits per heavy atom. The molecule has 0 fully saturated rings. The summed E-state index contributed by atoms with van der Waals surface area (Å²) in [5.41, 5.74) is 5.35. The lowest BCUT2D eigenvalue weighted by atomic mass is 10.1. The van der Waals surface area contributed by atoms with Gasteiger partial charge >= 0.3 is 0 Å². The number of carboxylic acid groups (broad SMARTS) is 1. The molecule has 5 nitrogen and oxygen atoms in total. The van der Waals surface area contributed by atoms with Crippen LogP contribution in [0.25, 0.3) is 0 Å². The second-order valence-electron chi connectivity index (χ2n) is 4.37. The molecule has 0 aliphatic carbocycles. The van der Waals surface area contributed by atoms with E-state index in [-0.39, 0.29) is 5.56 Å². The molecule has 1 N–H and O–H groups in total. The number of ether oxygens (including phenoxy) is 1. The van der Waals surface area contributed by atoms with Gasteiger partial charge in [-0.3, -0.25) is 5.43 Å².